The lowest BCUT2D eigenvalue weighted by molar-refractivity contribution is 0.632. The molecule has 1 rings (SSSR count). The molecule has 0 spiro atoms. The Morgan fingerprint density at radius 3 is 1.50 bits per heavy atom. The van der Waals surface area contributed by atoms with Gasteiger partial charge in [-0.2, -0.15) is 0 Å². The summed E-state index contributed by atoms with van der Waals surface area (Å²) in [5.41, 5.74) is 0. The van der Waals surface area contributed by atoms with Crippen molar-refractivity contribution in [2.45, 2.75) is 44.9 Å². The highest BCUT2D eigenvalue weighted by molar-refractivity contribution is 4.82. The predicted octanol–water partition coefficient (Wildman–Crippen LogP) is 3.45. The second-order valence-electron chi connectivity index (χ2n) is 2.82. The largest absolute Gasteiger partial charge is 0.344 e. The maximum absolute atomic E-state index is 2.34. The lowest BCUT2D eigenvalue weighted by atomic mass is 10.1. The third-order valence-electron chi connectivity index (χ3n) is 1.91. The van der Waals surface area contributed by atoms with Gasteiger partial charge < -0.3 is 6.15 Å². The first-order valence-corrected chi connectivity index (χ1v) is 4.15. The molecule has 1 nitrogen and oxygen atoms in total. The van der Waals surface area contributed by atoms with E-state index in [-0.39, 0.29) is 6.15 Å². The zero-order valence-corrected chi connectivity index (χ0v) is 6.81. The Bertz CT molecular complexity index is 76.7. The Labute approximate surface area is 64.1 Å². The summed E-state index contributed by atoms with van der Waals surface area (Å²) in [5, 5.41) is 0. The van der Waals surface area contributed by atoms with Crippen molar-refractivity contribution in [3.8, 4) is 0 Å². The van der Waals surface area contributed by atoms with Crippen molar-refractivity contribution in [3.63, 3.8) is 0 Å². The van der Waals surface area contributed by atoms with Crippen LogP contribution < -0.4 is 6.15 Å². The molecule has 1 aliphatic carbocycles. The molecular formula is C9H19N. The maximum atomic E-state index is 2.34. The third-order valence-corrected chi connectivity index (χ3v) is 1.91. The van der Waals surface area contributed by atoms with Crippen LogP contribution in [0.15, 0.2) is 12.2 Å². The molecule has 0 radical (unpaired) electrons. The Balaban J connectivity index is 0.000000810. The smallest absolute Gasteiger partial charge is 0.0351 e. The van der Waals surface area contributed by atoms with Crippen molar-refractivity contribution in [1.82, 2.24) is 6.15 Å². The van der Waals surface area contributed by atoms with E-state index < -0.39 is 0 Å². The van der Waals surface area contributed by atoms with Crippen molar-refractivity contribution in [3.05, 3.63) is 12.2 Å². The summed E-state index contributed by atoms with van der Waals surface area (Å²) in [5.74, 6) is 0. The van der Waals surface area contributed by atoms with Crippen LogP contribution in [0.2, 0.25) is 0 Å². The monoisotopic (exact) mass is 141 g/mol. The van der Waals surface area contributed by atoms with Gasteiger partial charge in [-0.15, -0.1) is 0 Å². The minimum absolute atomic E-state index is 0. The number of hydrogen-bond acceptors (Lipinski definition) is 1. The summed E-state index contributed by atoms with van der Waals surface area (Å²) in [6, 6.07) is 0. The van der Waals surface area contributed by atoms with Gasteiger partial charge >= 0.3 is 0 Å². The molecule has 0 saturated carbocycles. The molecule has 10 heavy (non-hydrogen) atoms. The average Bonchev–Trinajstić information content (AvgIpc) is 2.00. The molecular weight excluding hydrogens is 122 g/mol. The fraction of sp³-hybridized carbons (Fsp3) is 0.778. The first kappa shape index (κ1) is 9.70. The van der Waals surface area contributed by atoms with Gasteiger partial charge in [0.05, 0.1) is 0 Å². The van der Waals surface area contributed by atoms with Crippen molar-refractivity contribution < 1.29 is 0 Å². The van der Waals surface area contributed by atoms with Gasteiger partial charge in [-0.1, -0.05) is 31.4 Å². The quantitative estimate of drug-likeness (QED) is 0.515. The van der Waals surface area contributed by atoms with E-state index in [0.29, 0.717) is 0 Å². The highest BCUT2D eigenvalue weighted by Gasteiger charge is 1.90. The fourth-order valence-corrected chi connectivity index (χ4v) is 1.29. The van der Waals surface area contributed by atoms with E-state index in [1.165, 1.54) is 44.9 Å². The lowest BCUT2D eigenvalue weighted by Gasteiger charge is -1.93. The van der Waals surface area contributed by atoms with Crippen LogP contribution in [0, 0.1) is 0 Å². The van der Waals surface area contributed by atoms with Gasteiger partial charge in [0.1, 0.15) is 0 Å². The van der Waals surface area contributed by atoms with Crippen LogP contribution in [0.4, 0.5) is 0 Å². The molecule has 1 aliphatic rings. The van der Waals surface area contributed by atoms with Crippen LogP contribution in [-0.4, -0.2) is 0 Å². The van der Waals surface area contributed by atoms with Crippen molar-refractivity contribution in [2.24, 2.45) is 0 Å². The van der Waals surface area contributed by atoms with Crippen molar-refractivity contribution >= 4 is 0 Å². The first-order chi connectivity index (χ1) is 4.50. The van der Waals surface area contributed by atoms with Crippen LogP contribution in [0.25, 0.3) is 0 Å². The zero-order chi connectivity index (χ0) is 6.36. The number of allylic oxidation sites excluding steroid dienone is 2. The van der Waals surface area contributed by atoms with Gasteiger partial charge in [0.15, 0.2) is 0 Å². The van der Waals surface area contributed by atoms with E-state index in [2.05, 4.69) is 12.2 Å². The van der Waals surface area contributed by atoms with Crippen molar-refractivity contribution in [2.75, 3.05) is 0 Å². The third kappa shape index (κ3) is 4.57. The van der Waals surface area contributed by atoms with E-state index in [1.807, 2.05) is 0 Å². The van der Waals surface area contributed by atoms with E-state index in [4.69, 9.17) is 0 Å². The van der Waals surface area contributed by atoms with Crippen LogP contribution in [0.1, 0.15) is 44.9 Å². The molecule has 60 valence electrons. The minimum atomic E-state index is 0. The SMILES string of the molecule is C1=CCCCCCCC1.N. The van der Waals surface area contributed by atoms with Crippen LogP contribution >= 0.6 is 0 Å². The molecule has 0 heterocycles. The fourth-order valence-electron chi connectivity index (χ4n) is 1.29. The van der Waals surface area contributed by atoms with Gasteiger partial charge in [0.25, 0.3) is 0 Å². The molecule has 0 saturated heterocycles. The molecule has 0 aromatic heterocycles. The lowest BCUT2D eigenvalue weighted by Crippen LogP contribution is -1.74. The van der Waals surface area contributed by atoms with Gasteiger partial charge in [-0.05, 0) is 25.7 Å². The van der Waals surface area contributed by atoms with Crippen LogP contribution in [-0.2, 0) is 0 Å². The molecule has 0 unspecified atom stereocenters. The van der Waals surface area contributed by atoms with E-state index >= 15 is 0 Å². The highest BCUT2D eigenvalue weighted by Crippen LogP contribution is 2.10. The first-order valence-electron chi connectivity index (χ1n) is 4.15. The molecule has 0 bridgehead atoms. The molecule has 3 N–H and O–H groups in total. The Morgan fingerprint density at radius 1 is 0.600 bits per heavy atom. The van der Waals surface area contributed by atoms with Gasteiger partial charge in [0.2, 0.25) is 0 Å². The predicted molar refractivity (Wildman–Crippen MR) is 46.5 cm³/mol. The summed E-state index contributed by atoms with van der Waals surface area (Å²) in [4.78, 5) is 0. The van der Waals surface area contributed by atoms with Gasteiger partial charge in [-0.3, -0.25) is 0 Å². The minimum Gasteiger partial charge on any atom is -0.344 e. The highest BCUT2D eigenvalue weighted by atomic mass is 14.0. The summed E-state index contributed by atoms with van der Waals surface area (Å²) in [7, 11) is 0. The topological polar surface area (TPSA) is 35.0 Å². The molecule has 1 heteroatoms. The van der Waals surface area contributed by atoms with E-state index in [9.17, 15) is 0 Å². The normalized spacial score (nSPS) is 20.0. The summed E-state index contributed by atoms with van der Waals surface area (Å²) < 4.78 is 0. The molecule has 0 aromatic rings. The van der Waals surface area contributed by atoms with E-state index in [0.717, 1.165) is 0 Å². The van der Waals surface area contributed by atoms with Crippen LogP contribution in [0.5, 0.6) is 0 Å². The molecule has 0 aromatic carbocycles. The summed E-state index contributed by atoms with van der Waals surface area (Å²) in [6.07, 6.45) is 14.5. The molecule has 0 fully saturated rings. The Hall–Kier alpha value is -0.300. The molecule has 0 amide bonds. The van der Waals surface area contributed by atoms with Gasteiger partial charge in [-0.25, -0.2) is 0 Å². The summed E-state index contributed by atoms with van der Waals surface area (Å²) in [6.45, 7) is 0. The Morgan fingerprint density at radius 2 is 1.00 bits per heavy atom. The van der Waals surface area contributed by atoms with Crippen LogP contribution in [0.3, 0.4) is 0 Å². The summed E-state index contributed by atoms with van der Waals surface area (Å²) >= 11 is 0. The van der Waals surface area contributed by atoms with Crippen molar-refractivity contribution in [1.29, 1.82) is 0 Å². The van der Waals surface area contributed by atoms with Gasteiger partial charge in [0, 0.05) is 0 Å². The maximum Gasteiger partial charge on any atom is -0.0351 e. The second-order valence-corrected chi connectivity index (χ2v) is 2.82. The molecule has 0 atom stereocenters. The second kappa shape index (κ2) is 6.81. The standard InChI is InChI=1S/C9H16.H3N/c1-2-4-6-8-9-7-5-3-1;/h1-2H,3-9H2;1H3. The zero-order valence-electron chi connectivity index (χ0n) is 6.81. The Kier molecular flexibility index (Phi) is 6.61. The van der Waals surface area contributed by atoms with E-state index in [1.54, 1.807) is 0 Å². The number of rotatable bonds is 0. The number of hydrogen-bond donors (Lipinski definition) is 1. The average molecular weight is 141 g/mol. The molecule has 0 aliphatic heterocycles.